The van der Waals surface area contributed by atoms with Crippen molar-refractivity contribution in [2.75, 3.05) is 6.61 Å². The molecule has 1 aromatic rings. The molecule has 0 amide bonds. The molecular formula is C11H19N3O3. The fourth-order valence-corrected chi connectivity index (χ4v) is 1.28. The first-order valence-corrected chi connectivity index (χ1v) is 5.67. The molecule has 0 spiro atoms. The topological polar surface area (TPSA) is 77.2 Å². The Balaban J connectivity index is 2.71. The van der Waals surface area contributed by atoms with Gasteiger partial charge in [-0.25, -0.2) is 9.48 Å². The highest BCUT2D eigenvalue weighted by Crippen LogP contribution is 2.07. The number of hydrogen-bond donors (Lipinski definition) is 1. The Bertz CT molecular complexity index is 385. The molecule has 17 heavy (non-hydrogen) atoms. The van der Waals surface area contributed by atoms with E-state index in [1.165, 1.54) is 4.68 Å². The average molecular weight is 241 g/mol. The smallest absolute Gasteiger partial charge is 0.360 e. The van der Waals surface area contributed by atoms with Crippen LogP contribution >= 0.6 is 0 Å². The molecule has 0 aromatic carbocycles. The van der Waals surface area contributed by atoms with E-state index >= 15 is 0 Å². The van der Waals surface area contributed by atoms with Crippen LogP contribution in [-0.2, 0) is 11.3 Å². The van der Waals surface area contributed by atoms with Crippen LogP contribution in [0.15, 0.2) is 0 Å². The zero-order chi connectivity index (χ0) is 13.0. The van der Waals surface area contributed by atoms with Gasteiger partial charge in [0.25, 0.3) is 0 Å². The maximum atomic E-state index is 11.7. The second-order valence-corrected chi connectivity index (χ2v) is 4.55. The molecule has 0 aliphatic rings. The molecular weight excluding hydrogens is 222 g/mol. The summed E-state index contributed by atoms with van der Waals surface area (Å²) in [7, 11) is 0. The average Bonchev–Trinajstić information content (AvgIpc) is 2.56. The highest BCUT2D eigenvalue weighted by Gasteiger charge is 2.18. The van der Waals surface area contributed by atoms with Crippen LogP contribution in [0.5, 0.6) is 0 Å². The summed E-state index contributed by atoms with van der Waals surface area (Å²) in [5.74, 6) is -0.181. The first-order chi connectivity index (χ1) is 7.91. The molecule has 6 heteroatoms. The van der Waals surface area contributed by atoms with Crippen molar-refractivity contribution in [2.45, 2.75) is 40.3 Å². The number of aliphatic hydroxyl groups excluding tert-OH is 1. The number of ether oxygens (including phenoxy) is 1. The SMILES string of the molecule is Cc1c(C(=O)OCC(C)C)nnn1CC(C)O. The van der Waals surface area contributed by atoms with Gasteiger partial charge >= 0.3 is 5.97 Å². The standard InChI is InChI=1S/C11H19N3O3/c1-7(2)6-17-11(16)10-9(4)14(13-12-10)5-8(3)15/h7-8,15H,5-6H2,1-4H3. The number of carbonyl (C=O) groups excluding carboxylic acids is 1. The van der Waals surface area contributed by atoms with Crippen molar-refractivity contribution in [3.05, 3.63) is 11.4 Å². The molecule has 0 fully saturated rings. The van der Waals surface area contributed by atoms with Crippen LogP contribution in [0, 0.1) is 12.8 Å². The van der Waals surface area contributed by atoms with Crippen LogP contribution < -0.4 is 0 Å². The molecule has 0 aliphatic heterocycles. The Kier molecular flexibility index (Phi) is 4.62. The van der Waals surface area contributed by atoms with Gasteiger partial charge in [0.1, 0.15) is 0 Å². The van der Waals surface area contributed by atoms with Gasteiger partial charge in [-0.3, -0.25) is 0 Å². The summed E-state index contributed by atoms with van der Waals surface area (Å²) in [5, 5.41) is 16.8. The summed E-state index contributed by atoms with van der Waals surface area (Å²) in [6.07, 6.45) is -0.532. The third-order valence-corrected chi connectivity index (χ3v) is 2.16. The first kappa shape index (κ1) is 13.6. The number of aliphatic hydroxyl groups is 1. The van der Waals surface area contributed by atoms with E-state index in [9.17, 15) is 9.90 Å². The lowest BCUT2D eigenvalue weighted by atomic mass is 10.2. The van der Waals surface area contributed by atoms with Crippen molar-refractivity contribution in [1.29, 1.82) is 0 Å². The van der Waals surface area contributed by atoms with Gasteiger partial charge in [-0.1, -0.05) is 19.1 Å². The van der Waals surface area contributed by atoms with Gasteiger partial charge in [-0.2, -0.15) is 0 Å². The molecule has 0 radical (unpaired) electrons. The van der Waals surface area contributed by atoms with Gasteiger partial charge < -0.3 is 9.84 Å². The summed E-state index contributed by atoms with van der Waals surface area (Å²) < 4.78 is 6.57. The Hall–Kier alpha value is -1.43. The van der Waals surface area contributed by atoms with Crippen LogP contribution in [0.3, 0.4) is 0 Å². The quantitative estimate of drug-likeness (QED) is 0.771. The van der Waals surface area contributed by atoms with Crippen LogP contribution in [-0.4, -0.2) is 38.8 Å². The molecule has 1 N–H and O–H groups in total. The number of rotatable bonds is 5. The summed E-state index contributed by atoms with van der Waals surface area (Å²) >= 11 is 0. The third-order valence-electron chi connectivity index (χ3n) is 2.16. The molecule has 96 valence electrons. The van der Waals surface area contributed by atoms with Gasteiger partial charge in [0.05, 0.1) is 24.9 Å². The van der Waals surface area contributed by atoms with E-state index in [0.717, 1.165) is 0 Å². The predicted molar refractivity (Wildman–Crippen MR) is 61.6 cm³/mol. The number of carbonyl (C=O) groups is 1. The van der Waals surface area contributed by atoms with E-state index < -0.39 is 12.1 Å². The molecule has 0 saturated carbocycles. The Labute approximate surface area is 101 Å². The molecule has 1 atom stereocenters. The zero-order valence-electron chi connectivity index (χ0n) is 10.7. The normalized spacial score (nSPS) is 12.8. The third kappa shape index (κ3) is 3.81. The summed E-state index contributed by atoms with van der Waals surface area (Å²) in [6.45, 7) is 7.99. The monoisotopic (exact) mass is 241 g/mol. The lowest BCUT2D eigenvalue weighted by molar-refractivity contribution is 0.0451. The van der Waals surface area contributed by atoms with E-state index in [1.807, 2.05) is 13.8 Å². The zero-order valence-corrected chi connectivity index (χ0v) is 10.7. The van der Waals surface area contributed by atoms with Crippen molar-refractivity contribution in [3.63, 3.8) is 0 Å². The minimum atomic E-state index is -0.532. The molecule has 6 nitrogen and oxygen atoms in total. The summed E-state index contributed by atoms with van der Waals surface area (Å²) in [6, 6.07) is 0. The fraction of sp³-hybridized carbons (Fsp3) is 0.727. The van der Waals surface area contributed by atoms with Gasteiger partial charge in [0.2, 0.25) is 0 Å². The molecule has 1 rings (SSSR count). The number of aromatic nitrogens is 3. The predicted octanol–water partition coefficient (Wildman–Crippen LogP) is 0.780. The van der Waals surface area contributed by atoms with E-state index in [2.05, 4.69) is 10.3 Å². The highest BCUT2D eigenvalue weighted by molar-refractivity contribution is 5.88. The number of hydrogen-bond acceptors (Lipinski definition) is 5. The van der Waals surface area contributed by atoms with E-state index in [-0.39, 0.29) is 11.6 Å². The number of esters is 1. The number of nitrogens with zero attached hydrogens (tertiary/aromatic N) is 3. The van der Waals surface area contributed by atoms with Gasteiger partial charge in [0.15, 0.2) is 5.69 Å². The molecule has 0 bridgehead atoms. The van der Waals surface area contributed by atoms with Crippen LogP contribution in [0.2, 0.25) is 0 Å². The van der Waals surface area contributed by atoms with Crippen molar-refractivity contribution >= 4 is 5.97 Å². The lowest BCUT2D eigenvalue weighted by Gasteiger charge is -2.07. The largest absolute Gasteiger partial charge is 0.461 e. The maximum absolute atomic E-state index is 11.7. The Morgan fingerprint density at radius 2 is 2.12 bits per heavy atom. The molecule has 0 saturated heterocycles. The highest BCUT2D eigenvalue weighted by atomic mass is 16.5. The minimum Gasteiger partial charge on any atom is -0.461 e. The molecule has 1 aromatic heterocycles. The Morgan fingerprint density at radius 3 is 2.65 bits per heavy atom. The van der Waals surface area contributed by atoms with Crippen molar-refractivity contribution < 1.29 is 14.6 Å². The van der Waals surface area contributed by atoms with E-state index in [0.29, 0.717) is 18.8 Å². The summed E-state index contributed by atoms with van der Waals surface area (Å²) in [5.41, 5.74) is 0.825. The van der Waals surface area contributed by atoms with Gasteiger partial charge in [-0.15, -0.1) is 5.10 Å². The van der Waals surface area contributed by atoms with Crippen LogP contribution in [0.25, 0.3) is 0 Å². The van der Waals surface area contributed by atoms with Crippen LogP contribution in [0.1, 0.15) is 37.0 Å². The molecule has 0 aliphatic carbocycles. The van der Waals surface area contributed by atoms with E-state index in [1.54, 1.807) is 13.8 Å². The molecule has 1 heterocycles. The first-order valence-electron chi connectivity index (χ1n) is 5.67. The second kappa shape index (κ2) is 5.77. The lowest BCUT2D eigenvalue weighted by Crippen LogP contribution is -2.15. The second-order valence-electron chi connectivity index (χ2n) is 4.55. The molecule has 1 unspecified atom stereocenters. The summed E-state index contributed by atoms with van der Waals surface area (Å²) in [4.78, 5) is 11.7. The van der Waals surface area contributed by atoms with Crippen LogP contribution in [0.4, 0.5) is 0 Å². The van der Waals surface area contributed by atoms with Crippen molar-refractivity contribution in [3.8, 4) is 0 Å². The minimum absolute atomic E-state index is 0.214. The fourth-order valence-electron chi connectivity index (χ4n) is 1.28. The van der Waals surface area contributed by atoms with Crippen molar-refractivity contribution in [2.24, 2.45) is 5.92 Å². The Morgan fingerprint density at radius 1 is 1.47 bits per heavy atom. The van der Waals surface area contributed by atoms with E-state index in [4.69, 9.17) is 4.74 Å². The maximum Gasteiger partial charge on any atom is 0.360 e. The van der Waals surface area contributed by atoms with Gasteiger partial charge in [0, 0.05) is 0 Å². The van der Waals surface area contributed by atoms with Crippen molar-refractivity contribution in [1.82, 2.24) is 15.0 Å². The van der Waals surface area contributed by atoms with Gasteiger partial charge in [-0.05, 0) is 19.8 Å².